The summed E-state index contributed by atoms with van der Waals surface area (Å²) >= 11 is 1.81. The Balaban J connectivity index is 1.90. The molecule has 1 N–H and O–H groups in total. The summed E-state index contributed by atoms with van der Waals surface area (Å²) in [6, 6.07) is 2.20. The summed E-state index contributed by atoms with van der Waals surface area (Å²) in [4.78, 5) is 1.42. The number of aromatic nitrogens is 3. The van der Waals surface area contributed by atoms with Crippen molar-refractivity contribution < 1.29 is 0 Å². The highest BCUT2D eigenvalue weighted by molar-refractivity contribution is 7.10. The molecule has 0 saturated heterocycles. The lowest BCUT2D eigenvalue weighted by atomic mass is 10.2. The minimum Gasteiger partial charge on any atom is -0.317 e. The molecule has 2 heterocycles. The second-order valence-corrected chi connectivity index (χ2v) is 5.05. The van der Waals surface area contributed by atoms with Crippen molar-refractivity contribution in [2.75, 3.05) is 0 Å². The summed E-state index contributed by atoms with van der Waals surface area (Å²) in [5.74, 6) is 1.93. The number of rotatable bonds is 5. The van der Waals surface area contributed by atoms with Gasteiger partial charge in [-0.15, -0.1) is 21.5 Å². The molecule has 4 nitrogen and oxygen atoms in total. The monoisotopic (exact) mass is 250 g/mol. The number of aryl methyl sites for hydroxylation is 2. The van der Waals surface area contributed by atoms with Gasteiger partial charge in [0.2, 0.25) is 0 Å². The molecule has 2 aromatic heterocycles. The molecular formula is C12H18N4S. The molecule has 0 aliphatic carbocycles. The molecule has 0 bridgehead atoms. The van der Waals surface area contributed by atoms with Gasteiger partial charge in [-0.25, -0.2) is 0 Å². The molecule has 0 spiro atoms. The van der Waals surface area contributed by atoms with Crippen LogP contribution in [0.3, 0.4) is 0 Å². The van der Waals surface area contributed by atoms with Crippen molar-refractivity contribution in [3.05, 3.63) is 33.5 Å². The summed E-state index contributed by atoms with van der Waals surface area (Å²) < 4.78 is 2.02. The van der Waals surface area contributed by atoms with E-state index in [-0.39, 0.29) is 0 Å². The molecule has 2 rings (SSSR count). The second kappa shape index (κ2) is 5.42. The fraction of sp³-hybridized carbons (Fsp3) is 0.500. The van der Waals surface area contributed by atoms with Crippen LogP contribution in [0.1, 0.15) is 29.0 Å². The molecule has 0 unspecified atom stereocenters. The van der Waals surface area contributed by atoms with E-state index in [1.54, 1.807) is 0 Å². The summed E-state index contributed by atoms with van der Waals surface area (Å²) in [6.45, 7) is 5.83. The first-order chi connectivity index (χ1) is 8.22. The Kier molecular flexibility index (Phi) is 3.91. The summed E-state index contributed by atoms with van der Waals surface area (Å²) in [5.41, 5.74) is 1.44. The van der Waals surface area contributed by atoms with E-state index in [2.05, 4.69) is 33.9 Å². The van der Waals surface area contributed by atoms with Gasteiger partial charge in [0, 0.05) is 18.5 Å². The van der Waals surface area contributed by atoms with Gasteiger partial charge in [0.1, 0.15) is 11.6 Å². The van der Waals surface area contributed by atoms with Gasteiger partial charge in [0.25, 0.3) is 0 Å². The Morgan fingerprint density at radius 2 is 2.18 bits per heavy atom. The van der Waals surface area contributed by atoms with Crippen molar-refractivity contribution >= 4 is 11.3 Å². The zero-order valence-electron chi connectivity index (χ0n) is 10.5. The van der Waals surface area contributed by atoms with E-state index in [0.29, 0.717) is 0 Å². The van der Waals surface area contributed by atoms with Gasteiger partial charge in [-0.2, -0.15) is 0 Å². The van der Waals surface area contributed by atoms with Crippen LogP contribution in [0.4, 0.5) is 0 Å². The summed E-state index contributed by atoms with van der Waals surface area (Å²) in [5, 5.41) is 13.7. The van der Waals surface area contributed by atoms with E-state index in [9.17, 15) is 0 Å². The molecular weight excluding hydrogens is 232 g/mol. The average molecular weight is 250 g/mol. The number of nitrogens with zero attached hydrogens (tertiary/aromatic N) is 3. The van der Waals surface area contributed by atoms with Crippen LogP contribution in [0.25, 0.3) is 0 Å². The van der Waals surface area contributed by atoms with Crippen molar-refractivity contribution in [3.8, 4) is 0 Å². The maximum Gasteiger partial charge on any atom is 0.146 e. The van der Waals surface area contributed by atoms with Gasteiger partial charge in [0.15, 0.2) is 0 Å². The Morgan fingerprint density at radius 1 is 1.35 bits per heavy atom. The van der Waals surface area contributed by atoms with Crippen molar-refractivity contribution in [2.45, 2.75) is 33.4 Å². The Morgan fingerprint density at radius 3 is 2.82 bits per heavy atom. The van der Waals surface area contributed by atoms with Crippen molar-refractivity contribution in [1.29, 1.82) is 0 Å². The third-order valence-electron chi connectivity index (χ3n) is 2.97. The minimum atomic E-state index is 0.762. The predicted molar refractivity (Wildman–Crippen MR) is 70.0 cm³/mol. The fourth-order valence-corrected chi connectivity index (χ4v) is 2.68. The molecule has 0 atom stereocenters. The normalized spacial score (nSPS) is 11.0. The smallest absolute Gasteiger partial charge is 0.146 e. The standard InChI is InChI=1S/C12H18N4S/c1-4-10-5-6-17-11(10)7-13-8-12-15-14-9(2)16(12)3/h5-6,13H,4,7-8H2,1-3H3. The van der Waals surface area contributed by atoms with Crippen molar-refractivity contribution in [3.63, 3.8) is 0 Å². The molecule has 0 aromatic carbocycles. The van der Waals surface area contributed by atoms with Crippen LogP contribution in [0.2, 0.25) is 0 Å². The third kappa shape index (κ3) is 2.73. The highest BCUT2D eigenvalue weighted by Gasteiger charge is 2.05. The van der Waals surface area contributed by atoms with E-state index in [4.69, 9.17) is 0 Å². The molecule has 0 saturated carbocycles. The topological polar surface area (TPSA) is 42.7 Å². The Labute approximate surface area is 106 Å². The summed E-state index contributed by atoms with van der Waals surface area (Å²) in [7, 11) is 2.00. The van der Waals surface area contributed by atoms with Gasteiger partial charge in [-0.3, -0.25) is 0 Å². The number of hydrogen-bond donors (Lipinski definition) is 1. The number of nitrogens with one attached hydrogen (secondary N) is 1. The van der Waals surface area contributed by atoms with E-state index in [1.807, 2.05) is 29.9 Å². The molecule has 0 radical (unpaired) electrons. The van der Waals surface area contributed by atoms with Crippen LogP contribution in [0, 0.1) is 6.92 Å². The van der Waals surface area contributed by atoms with Gasteiger partial charge in [-0.1, -0.05) is 6.92 Å². The first kappa shape index (κ1) is 12.3. The van der Waals surface area contributed by atoms with Gasteiger partial charge in [-0.05, 0) is 30.4 Å². The molecule has 17 heavy (non-hydrogen) atoms. The zero-order chi connectivity index (χ0) is 12.3. The molecule has 92 valence electrons. The highest BCUT2D eigenvalue weighted by atomic mass is 32.1. The second-order valence-electron chi connectivity index (χ2n) is 4.05. The molecule has 5 heteroatoms. The minimum absolute atomic E-state index is 0.762. The number of hydrogen-bond acceptors (Lipinski definition) is 4. The maximum absolute atomic E-state index is 4.13. The van der Waals surface area contributed by atoms with Crippen LogP contribution in [0.15, 0.2) is 11.4 Å². The Bertz CT molecular complexity index is 486. The molecule has 0 aliphatic rings. The zero-order valence-corrected chi connectivity index (χ0v) is 11.3. The van der Waals surface area contributed by atoms with Gasteiger partial charge >= 0.3 is 0 Å². The quantitative estimate of drug-likeness (QED) is 0.883. The van der Waals surface area contributed by atoms with E-state index < -0.39 is 0 Å². The number of thiophene rings is 1. The molecule has 0 amide bonds. The van der Waals surface area contributed by atoms with Gasteiger partial charge in [0.05, 0.1) is 6.54 Å². The predicted octanol–water partition coefficient (Wildman–Crippen LogP) is 2.04. The van der Waals surface area contributed by atoms with Crippen LogP contribution < -0.4 is 5.32 Å². The average Bonchev–Trinajstić information content (AvgIpc) is 2.90. The summed E-state index contributed by atoms with van der Waals surface area (Å²) in [6.07, 6.45) is 1.10. The lowest BCUT2D eigenvalue weighted by Crippen LogP contribution is -2.16. The van der Waals surface area contributed by atoms with E-state index >= 15 is 0 Å². The van der Waals surface area contributed by atoms with E-state index in [0.717, 1.165) is 31.2 Å². The van der Waals surface area contributed by atoms with Crippen LogP contribution in [-0.2, 0) is 26.6 Å². The van der Waals surface area contributed by atoms with Crippen LogP contribution in [0.5, 0.6) is 0 Å². The first-order valence-corrected chi connectivity index (χ1v) is 6.71. The van der Waals surface area contributed by atoms with E-state index in [1.165, 1.54) is 10.4 Å². The highest BCUT2D eigenvalue weighted by Crippen LogP contribution is 2.16. The lowest BCUT2D eigenvalue weighted by Gasteiger charge is -2.05. The molecule has 0 aliphatic heterocycles. The van der Waals surface area contributed by atoms with Crippen LogP contribution in [-0.4, -0.2) is 14.8 Å². The first-order valence-electron chi connectivity index (χ1n) is 5.83. The third-order valence-corrected chi connectivity index (χ3v) is 3.93. The SMILES string of the molecule is CCc1ccsc1CNCc1nnc(C)n1C. The lowest BCUT2D eigenvalue weighted by molar-refractivity contribution is 0.636. The fourth-order valence-electron chi connectivity index (χ4n) is 1.73. The van der Waals surface area contributed by atoms with Crippen molar-refractivity contribution in [2.24, 2.45) is 7.05 Å². The molecule has 0 fully saturated rings. The molecule has 2 aromatic rings. The van der Waals surface area contributed by atoms with Gasteiger partial charge < -0.3 is 9.88 Å². The largest absolute Gasteiger partial charge is 0.317 e. The van der Waals surface area contributed by atoms with Crippen molar-refractivity contribution in [1.82, 2.24) is 20.1 Å². The Hall–Kier alpha value is -1.20. The van der Waals surface area contributed by atoms with Crippen LogP contribution >= 0.6 is 11.3 Å². The maximum atomic E-state index is 4.13.